The van der Waals surface area contributed by atoms with Gasteiger partial charge in [-0.3, -0.25) is 9.59 Å². The van der Waals surface area contributed by atoms with E-state index in [1.54, 1.807) is 51.1 Å². The zero-order valence-electron chi connectivity index (χ0n) is 19.6. The predicted molar refractivity (Wildman–Crippen MR) is 125 cm³/mol. The number of anilines is 1. The third-order valence-electron chi connectivity index (χ3n) is 4.40. The first-order chi connectivity index (χ1) is 15.6. The van der Waals surface area contributed by atoms with Crippen molar-refractivity contribution >= 4 is 23.6 Å². The van der Waals surface area contributed by atoms with Crippen molar-refractivity contribution in [3.63, 3.8) is 0 Å². The van der Waals surface area contributed by atoms with Gasteiger partial charge in [0.2, 0.25) is 5.91 Å². The average Bonchev–Trinajstić information content (AvgIpc) is 2.76. The van der Waals surface area contributed by atoms with Crippen molar-refractivity contribution in [2.75, 3.05) is 26.1 Å². The van der Waals surface area contributed by atoms with Gasteiger partial charge in [-0.1, -0.05) is 18.2 Å². The van der Waals surface area contributed by atoms with Crippen molar-refractivity contribution in [2.45, 2.75) is 39.3 Å². The summed E-state index contributed by atoms with van der Waals surface area (Å²) in [6.45, 7) is 5.64. The molecule has 0 heterocycles. The number of amides is 3. The molecule has 0 aliphatic carbocycles. The van der Waals surface area contributed by atoms with E-state index in [1.165, 1.54) is 14.2 Å². The Morgan fingerprint density at radius 3 is 2.27 bits per heavy atom. The van der Waals surface area contributed by atoms with Gasteiger partial charge in [-0.25, -0.2) is 4.79 Å². The summed E-state index contributed by atoms with van der Waals surface area (Å²) >= 11 is 0. The monoisotopic (exact) mass is 457 g/mol. The van der Waals surface area contributed by atoms with Crippen LogP contribution in [0.15, 0.2) is 42.5 Å². The maximum absolute atomic E-state index is 12.6. The van der Waals surface area contributed by atoms with E-state index in [2.05, 4.69) is 16.0 Å². The highest BCUT2D eigenvalue weighted by atomic mass is 16.6. The minimum Gasteiger partial charge on any atom is -0.493 e. The summed E-state index contributed by atoms with van der Waals surface area (Å²) in [6.07, 6.45) is -0.500. The van der Waals surface area contributed by atoms with E-state index in [4.69, 9.17) is 14.2 Å². The smallest absolute Gasteiger partial charge is 0.407 e. The molecule has 0 aliphatic heterocycles. The Bertz CT molecular complexity index is 984. The quantitative estimate of drug-likeness (QED) is 0.531. The second-order valence-corrected chi connectivity index (χ2v) is 8.14. The molecule has 0 atom stereocenters. The topological polar surface area (TPSA) is 115 Å². The average molecular weight is 458 g/mol. The molecule has 0 aliphatic rings. The number of carbonyl (C=O) groups is 3. The number of nitrogens with one attached hydrogen (secondary N) is 3. The largest absolute Gasteiger partial charge is 0.493 e. The molecule has 3 amide bonds. The third-order valence-corrected chi connectivity index (χ3v) is 4.40. The van der Waals surface area contributed by atoms with Crippen molar-refractivity contribution in [3.05, 3.63) is 53.6 Å². The molecule has 0 radical (unpaired) electrons. The highest BCUT2D eigenvalue weighted by Crippen LogP contribution is 2.27. The van der Waals surface area contributed by atoms with Gasteiger partial charge in [-0.15, -0.1) is 0 Å². The van der Waals surface area contributed by atoms with Crippen molar-refractivity contribution in [2.24, 2.45) is 0 Å². The molecule has 2 aromatic rings. The first-order valence-electron chi connectivity index (χ1n) is 10.5. The van der Waals surface area contributed by atoms with Gasteiger partial charge in [-0.05, 0) is 50.6 Å². The summed E-state index contributed by atoms with van der Waals surface area (Å²) in [5, 5.41) is 8.20. The van der Waals surface area contributed by atoms with E-state index in [9.17, 15) is 14.4 Å². The van der Waals surface area contributed by atoms with Crippen LogP contribution in [0.5, 0.6) is 11.5 Å². The SMILES string of the molecule is COc1ccc(C(=O)NCc2ccccc2NC(=O)CCNC(=O)OC(C)(C)C)cc1OC. The Balaban J connectivity index is 1.91. The molecule has 9 nitrogen and oxygen atoms in total. The number of rotatable bonds is 9. The molecule has 9 heteroatoms. The number of alkyl carbamates (subject to hydrolysis) is 1. The highest BCUT2D eigenvalue weighted by Gasteiger charge is 2.16. The Hall–Kier alpha value is -3.75. The standard InChI is InChI=1S/C24H31N3O6/c1-24(2,3)33-23(30)25-13-12-21(28)27-18-9-7-6-8-17(18)15-26-22(29)16-10-11-19(31-4)20(14-16)32-5/h6-11,14H,12-13,15H2,1-5H3,(H,25,30)(H,26,29)(H,27,28). The van der Waals surface area contributed by atoms with E-state index >= 15 is 0 Å². The van der Waals surface area contributed by atoms with Crippen LogP contribution in [0.2, 0.25) is 0 Å². The predicted octanol–water partition coefficient (Wildman–Crippen LogP) is 3.49. The van der Waals surface area contributed by atoms with Gasteiger partial charge in [0.25, 0.3) is 5.91 Å². The normalized spacial score (nSPS) is 10.7. The maximum Gasteiger partial charge on any atom is 0.407 e. The summed E-state index contributed by atoms with van der Waals surface area (Å²) in [6, 6.07) is 12.1. The lowest BCUT2D eigenvalue weighted by Crippen LogP contribution is -2.34. The minimum absolute atomic E-state index is 0.0750. The van der Waals surface area contributed by atoms with Crippen molar-refractivity contribution in [1.82, 2.24) is 10.6 Å². The Labute approximate surface area is 193 Å². The Morgan fingerprint density at radius 1 is 0.909 bits per heavy atom. The summed E-state index contributed by atoms with van der Waals surface area (Å²) < 4.78 is 15.6. The van der Waals surface area contributed by atoms with Gasteiger partial charge >= 0.3 is 6.09 Å². The first kappa shape index (κ1) is 25.5. The molecule has 0 spiro atoms. The van der Waals surface area contributed by atoms with Crippen LogP contribution in [0.4, 0.5) is 10.5 Å². The molecular formula is C24H31N3O6. The number of para-hydroxylation sites is 1. The van der Waals surface area contributed by atoms with E-state index in [0.717, 1.165) is 5.56 Å². The molecule has 0 fully saturated rings. The molecule has 0 saturated carbocycles. The third kappa shape index (κ3) is 8.36. The van der Waals surface area contributed by atoms with Crippen LogP contribution in [0.3, 0.4) is 0 Å². The molecule has 0 unspecified atom stereocenters. The summed E-state index contributed by atoms with van der Waals surface area (Å²) in [7, 11) is 3.03. The van der Waals surface area contributed by atoms with E-state index in [-0.39, 0.29) is 31.3 Å². The van der Waals surface area contributed by atoms with Gasteiger partial charge in [0.15, 0.2) is 11.5 Å². The van der Waals surface area contributed by atoms with Crippen LogP contribution in [-0.2, 0) is 16.1 Å². The van der Waals surface area contributed by atoms with Gasteiger partial charge < -0.3 is 30.2 Å². The molecule has 0 aromatic heterocycles. The molecule has 33 heavy (non-hydrogen) atoms. The van der Waals surface area contributed by atoms with Crippen LogP contribution >= 0.6 is 0 Å². The molecule has 2 aromatic carbocycles. The van der Waals surface area contributed by atoms with Crippen LogP contribution < -0.4 is 25.4 Å². The van der Waals surface area contributed by atoms with E-state index in [1.807, 2.05) is 12.1 Å². The molecular weight excluding hydrogens is 426 g/mol. The first-order valence-corrected chi connectivity index (χ1v) is 10.5. The molecule has 3 N–H and O–H groups in total. The van der Waals surface area contributed by atoms with E-state index < -0.39 is 11.7 Å². The van der Waals surface area contributed by atoms with Gasteiger partial charge in [-0.2, -0.15) is 0 Å². The van der Waals surface area contributed by atoms with Crippen LogP contribution in [0, 0.1) is 0 Å². The summed E-state index contributed by atoms with van der Waals surface area (Å²) in [5.41, 5.74) is 1.13. The number of ether oxygens (including phenoxy) is 3. The molecule has 178 valence electrons. The minimum atomic E-state index is -0.604. The van der Waals surface area contributed by atoms with Crippen LogP contribution in [-0.4, -0.2) is 44.3 Å². The van der Waals surface area contributed by atoms with Crippen molar-refractivity contribution < 1.29 is 28.6 Å². The van der Waals surface area contributed by atoms with Gasteiger partial charge in [0.1, 0.15) is 5.60 Å². The number of hydrogen-bond donors (Lipinski definition) is 3. The number of benzene rings is 2. The summed E-state index contributed by atoms with van der Waals surface area (Å²) in [5.74, 6) is 0.421. The summed E-state index contributed by atoms with van der Waals surface area (Å²) in [4.78, 5) is 36.6. The molecule has 0 saturated heterocycles. The fraction of sp³-hybridized carbons (Fsp3) is 0.375. The number of carbonyl (C=O) groups excluding carboxylic acids is 3. The van der Waals surface area contributed by atoms with Gasteiger partial charge in [0, 0.05) is 30.8 Å². The number of methoxy groups -OCH3 is 2. The zero-order chi connectivity index (χ0) is 24.4. The lowest BCUT2D eigenvalue weighted by atomic mass is 10.1. The fourth-order valence-electron chi connectivity index (χ4n) is 2.86. The number of hydrogen-bond acceptors (Lipinski definition) is 6. The maximum atomic E-state index is 12.6. The Morgan fingerprint density at radius 2 is 1.61 bits per heavy atom. The van der Waals surface area contributed by atoms with Gasteiger partial charge in [0.05, 0.1) is 14.2 Å². The highest BCUT2D eigenvalue weighted by molar-refractivity contribution is 5.95. The van der Waals surface area contributed by atoms with Crippen LogP contribution in [0.1, 0.15) is 43.1 Å². The lowest BCUT2D eigenvalue weighted by molar-refractivity contribution is -0.116. The Kier molecular flexibility index (Phi) is 9.08. The lowest BCUT2D eigenvalue weighted by Gasteiger charge is -2.19. The van der Waals surface area contributed by atoms with Crippen molar-refractivity contribution in [3.8, 4) is 11.5 Å². The molecule has 0 bridgehead atoms. The second-order valence-electron chi connectivity index (χ2n) is 8.14. The van der Waals surface area contributed by atoms with Crippen molar-refractivity contribution in [1.29, 1.82) is 0 Å². The fourth-order valence-corrected chi connectivity index (χ4v) is 2.86. The van der Waals surface area contributed by atoms with E-state index in [0.29, 0.717) is 22.7 Å². The van der Waals surface area contributed by atoms with Crippen LogP contribution in [0.25, 0.3) is 0 Å². The molecule has 2 rings (SSSR count). The zero-order valence-corrected chi connectivity index (χ0v) is 19.6. The second kappa shape index (κ2) is 11.8.